The van der Waals surface area contributed by atoms with Crippen LogP contribution >= 0.6 is 0 Å². The summed E-state index contributed by atoms with van der Waals surface area (Å²) < 4.78 is 29.0. The molecular formula is C12H12N2O5S. The van der Waals surface area contributed by atoms with Crippen LogP contribution in [0.5, 0.6) is 0 Å². The van der Waals surface area contributed by atoms with Crippen LogP contribution in [0.1, 0.15) is 29.0 Å². The van der Waals surface area contributed by atoms with E-state index in [1.807, 2.05) is 6.92 Å². The minimum atomic E-state index is -3.65. The fourth-order valence-electron chi connectivity index (χ4n) is 1.75. The normalized spacial score (nSPS) is 11.4. The maximum absolute atomic E-state index is 12.3. The van der Waals surface area contributed by atoms with Gasteiger partial charge < -0.3 is 9.63 Å². The lowest BCUT2D eigenvalue weighted by atomic mass is 10.2. The summed E-state index contributed by atoms with van der Waals surface area (Å²) in [5, 5.41) is 12.0. The molecule has 20 heavy (non-hydrogen) atoms. The lowest BCUT2D eigenvalue weighted by Crippen LogP contribution is -2.09. The number of benzene rings is 1. The van der Waals surface area contributed by atoms with Crippen molar-refractivity contribution in [3.05, 3.63) is 41.5 Å². The second-order valence-corrected chi connectivity index (χ2v) is 6.00. The van der Waals surface area contributed by atoms with E-state index < -0.39 is 27.5 Å². The van der Waals surface area contributed by atoms with Crippen LogP contribution in [0.4, 0.5) is 0 Å². The van der Waals surface area contributed by atoms with Gasteiger partial charge in [-0.1, -0.05) is 30.3 Å². The van der Waals surface area contributed by atoms with Gasteiger partial charge in [-0.05, 0) is 18.1 Å². The number of carboxylic acids is 1. The van der Waals surface area contributed by atoms with Crippen LogP contribution in [0.25, 0.3) is 0 Å². The number of nitrogens with zero attached hydrogens (tertiary/aromatic N) is 2. The molecular weight excluding hydrogens is 284 g/mol. The zero-order valence-electron chi connectivity index (χ0n) is 10.6. The fraction of sp³-hybridized carbons (Fsp3) is 0.250. The molecule has 0 saturated heterocycles. The molecule has 0 radical (unpaired) electrons. The van der Waals surface area contributed by atoms with Crippen molar-refractivity contribution in [3.8, 4) is 0 Å². The third-order valence-electron chi connectivity index (χ3n) is 2.66. The Labute approximate surface area is 115 Å². The zero-order chi connectivity index (χ0) is 14.8. The molecule has 1 N–H and O–H groups in total. The van der Waals surface area contributed by atoms with Gasteiger partial charge in [-0.3, -0.25) is 0 Å². The maximum atomic E-state index is 12.3. The smallest absolute Gasteiger partial charge is 0.394 e. The topological polar surface area (TPSA) is 110 Å². The lowest BCUT2D eigenvalue weighted by molar-refractivity contribution is 0.0643. The van der Waals surface area contributed by atoms with Gasteiger partial charge in [-0.15, -0.1) is 0 Å². The van der Waals surface area contributed by atoms with E-state index in [0.717, 1.165) is 0 Å². The third kappa shape index (κ3) is 2.85. The van der Waals surface area contributed by atoms with Crippen molar-refractivity contribution in [1.82, 2.24) is 10.1 Å². The highest BCUT2D eigenvalue weighted by molar-refractivity contribution is 7.90. The number of carboxylic acid groups (broad SMARTS) is 1. The molecule has 1 aromatic carbocycles. The van der Waals surface area contributed by atoms with Crippen molar-refractivity contribution in [1.29, 1.82) is 0 Å². The molecule has 0 amide bonds. The van der Waals surface area contributed by atoms with Gasteiger partial charge in [0.05, 0.1) is 4.90 Å². The quantitative estimate of drug-likeness (QED) is 0.885. The van der Waals surface area contributed by atoms with Gasteiger partial charge in [0.1, 0.15) is 5.75 Å². The van der Waals surface area contributed by atoms with Gasteiger partial charge in [-0.25, -0.2) is 13.2 Å². The first-order chi connectivity index (χ1) is 9.44. The summed E-state index contributed by atoms with van der Waals surface area (Å²) in [6.07, 6.45) is 0.571. The third-order valence-corrected chi connectivity index (χ3v) is 4.37. The molecule has 8 heteroatoms. The van der Waals surface area contributed by atoms with Crippen LogP contribution in [0.2, 0.25) is 0 Å². The van der Waals surface area contributed by atoms with Crippen LogP contribution in [0.3, 0.4) is 0 Å². The van der Waals surface area contributed by atoms with Gasteiger partial charge in [0.2, 0.25) is 0 Å². The van der Waals surface area contributed by atoms with Crippen LogP contribution in [0, 0.1) is 0 Å². The highest BCUT2D eigenvalue weighted by Gasteiger charge is 2.22. The van der Waals surface area contributed by atoms with E-state index in [9.17, 15) is 13.2 Å². The number of aryl methyl sites for hydroxylation is 1. The predicted octanol–water partition coefficient (Wildman–Crippen LogP) is 1.30. The Morgan fingerprint density at radius 1 is 1.35 bits per heavy atom. The average molecular weight is 296 g/mol. The number of rotatable bonds is 5. The summed E-state index contributed by atoms with van der Waals surface area (Å²) in [5.74, 6) is -2.69. The monoisotopic (exact) mass is 296 g/mol. The Balaban J connectivity index is 2.33. The van der Waals surface area contributed by atoms with Gasteiger partial charge in [0.25, 0.3) is 0 Å². The van der Waals surface area contributed by atoms with Crippen molar-refractivity contribution in [2.45, 2.75) is 24.0 Å². The Bertz CT molecular complexity index is 736. The second kappa shape index (κ2) is 5.41. The molecule has 0 aliphatic carbocycles. The summed E-state index contributed by atoms with van der Waals surface area (Å²) in [5.41, 5.74) is 0.689. The Morgan fingerprint density at radius 3 is 2.65 bits per heavy atom. The molecule has 0 spiro atoms. The number of carbonyl (C=O) groups is 1. The second-order valence-electron chi connectivity index (χ2n) is 4.04. The Hall–Kier alpha value is -2.22. The molecule has 0 bridgehead atoms. The molecule has 0 atom stereocenters. The van der Waals surface area contributed by atoms with E-state index in [2.05, 4.69) is 14.7 Å². The number of sulfone groups is 1. The van der Waals surface area contributed by atoms with Gasteiger partial charge in [0.15, 0.2) is 15.7 Å². The first-order valence-corrected chi connectivity index (χ1v) is 7.46. The first kappa shape index (κ1) is 14.2. The summed E-state index contributed by atoms with van der Waals surface area (Å²) in [6, 6.07) is 6.62. The van der Waals surface area contributed by atoms with Crippen LogP contribution < -0.4 is 0 Å². The molecule has 7 nitrogen and oxygen atoms in total. The van der Waals surface area contributed by atoms with E-state index in [-0.39, 0.29) is 10.7 Å². The number of hydrogen-bond donors (Lipinski definition) is 1. The SMILES string of the molecule is CCc1ccccc1S(=O)(=O)Cc1noc(C(=O)O)n1. The predicted molar refractivity (Wildman–Crippen MR) is 68.0 cm³/mol. The average Bonchev–Trinajstić information content (AvgIpc) is 2.86. The highest BCUT2D eigenvalue weighted by Crippen LogP contribution is 2.20. The molecule has 1 heterocycles. The molecule has 0 aliphatic heterocycles. The molecule has 106 valence electrons. The van der Waals surface area contributed by atoms with Gasteiger partial charge in [0, 0.05) is 0 Å². The molecule has 0 aliphatic rings. The zero-order valence-corrected chi connectivity index (χ0v) is 11.4. The van der Waals surface area contributed by atoms with Crippen molar-refractivity contribution >= 4 is 15.8 Å². The number of aromatic carboxylic acids is 1. The van der Waals surface area contributed by atoms with E-state index in [1.54, 1.807) is 18.2 Å². The Morgan fingerprint density at radius 2 is 2.05 bits per heavy atom. The summed E-state index contributed by atoms with van der Waals surface area (Å²) in [7, 11) is -3.65. The standard InChI is InChI=1S/C12H12N2O5S/c1-2-8-5-3-4-6-9(8)20(17,18)7-10-13-11(12(15)16)19-14-10/h3-6H,2,7H2,1H3,(H,15,16). The minimum absolute atomic E-state index is 0.173. The van der Waals surface area contributed by atoms with Gasteiger partial charge >= 0.3 is 11.9 Å². The number of hydrogen-bond acceptors (Lipinski definition) is 6. The lowest BCUT2D eigenvalue weighted by Gasteiger charge is -2.06. The van der Waals surface area contributed by atoms with E-state index in [1.165, 1.54) is 6.07 Å². The van der Waals surface area contributed by atoms with Crippen molar-refractivity contribution in [2.75, 3.05) is 0 Å². The van der Waals surface area contributed by atoms with Crippen LogP contribution in [-0.2, 0) is 22.0 Å². The van der Waals surface area contributed by atoms with Crippen LogP contribution in [-0.4, -0.2) is 29.6 Å². The van der Waals surface area contributed by atoms with Crippen LogP contribution in [0.15, 0.2) is 33.7 Å². The molecule has 0 saturated carbocycles. The molecule has 2 aromatic rings. The highest BCUT2D eigenvalue weighted by atomic mass is 32.2. The molecule has 2 rings (SSSR count). The van der Waals surface area contributed by atoms with Gasteiger partial charge in [-0.2, -0.15) is 4.98 Å². The van der Waals surface area contributed by atoms with Crippen molar-refractivity contribution in [2.24, 2.45) is 0 Å². The van der Waals surface area contributed by atoms with E-state index in [0.29, 0.717) is 12.0 Å². The molecule has 1 aromatic heterocycles. The van der Waals surface area contributed by atoms with E-state index >= 15 is 0 Å². The van der Waals surface area contributed by atoms with Crippen molar-refractivity contribution in [3.63, 3.8) is 0 Å². The van der Waals surface area contributed by atoms with E-state index in [4.69, 9.17) is 5.11 Å². The molecule has 0 unspecified atom stereocenters. The maximum Gasteiger partial charge on any atom is 0.394 e. The Kier molecular flexibility index (Phi) is 3.84. The fourth-order valence-corrected chi connectivity index (χ4v) is 3.26. The minimum Gasteiger partial charge on any atom is -0.474 e. The summed E-state index contributed by atoms with van der Waals surface area (Å²) in [4.78, 5) is 14.3. The summed E-state index contributed by atoms with van der Waals surface area (Å²) in [6.45, 7) is 1.85. The summed E-state index contributed by atoms with van der Waals surface area (Å²) >= 11 is 0. The largest absolute Gasteiger partial charge is 0.474 e. The number of aromatic nitrogens is 2. The van der Waals surface area contributed by atoms with Crippen molar-refractivity contribution < 1.29 is 22.8 Å². The first-order valence-electron chi connectivity index (χ1n) is 5.80. The molecule has 0 fully saturated rings.